The van der Waals surface area contributed by atoms with Crippen molar-refractivity contribution in [3.63, 3.8) is 0 Å². The van der Waals surface area contributed by atoms with Gasteiger partial charge in [0.2, 0.25) is 0 Å². The highest BCUT2D eigenvalue weighted by molar-refractivity contribution is 5.37. The molecule has 2 heterocycles. The molecule has 1 aromatic rings. The fourth-order valence-electron chi connectivity index (χ4n) is 1.77. The largest absolute Gasteiger partial charge is 0.355 e. The molecule has 0 aliphatic carbocycles. The molecule has 0 unspecified atom stereocenters. The lowest BCUT2D eigenvalue weighted by molar-refractivity contribution is 0.360. The van der Waals surface area contributed by atoms with Gasteiger partial charge in [-0.15, -0.1) is 0 Å². The number of likely N-dealkylation sites (N-methyl/N-ethyl adjacent to an activating group) is 1. The molecule has 0 bridgehead atoms. The Kier molecular flexibility index (Phi) is 2.99. The van der Waals surface area contributed by atoms with Crippen LogP contribution in [0.3, 0.4) is 0 Å². The summed E-state index contributed by atoms with van der Waals surface area (Å²) < 4.78 is 0. The van der Waals surface area contributed by atoms with Gasteiger partial charge in [-0.1, -0.05) is 0 Å². The third-order valence-corrected chi connectivity index (χ3v) is 2.64. The predicted molar refractivity (Wildman–Crippen MR) is 57.4 cm³/mol. The van der Waals surface area contributed by atoms with E-state index in [-0.39, 0.29) is 0 Å². The lowest BCUT2D eigenvalue weighted by Gasteiger charge is -2.21. The number of hydrogen-bond acceptors (Lipinski definition) is 3. The Labute approximate surface area is 85.4 Å². The van der Waals surface area contributed by atoms with Gasteiger partial charge in [-0.25, -0.2) is 4.98 Å². The van der Waals surface area contributed by atoms with Crippen LogP contribution >= 0.6 is 0 Å². The molecule has 0 N–H and O–H groups in total. The fraction of sp³-hybridized carbons (Fsp3) is 0.545. The highest BCUT2D eigenvalue weighted by Crippen LogP contribution is 2.11. The molecule has 0 amide bonds. The van der Waals surface area contributed by atoms with E-state index in [1.807, 2.05) is 12.1 Å². The molecule has 1 aromatic heterocycles. The van der Waals surface area contributed by atoms with Crippen LogP contribution in [0.15, 0.2) is 18.3 Å². The van der Waals surface area contributed by atoms with Crippen LogP contribution in [0.1, 0.15) is 6.42 Å². The third-order valence-electron chi connectivity index (χ3n) is 2.64. The predicted octanol–water partition coefficient (Wildman–Crippen LogP) is 1.02. The normalized spacial score (nSPS) is 19.4. The molecular formula is C11H16N3. The summed E-state index contributed by atoms with van der Waals surface area (Å²) in [5.74, 6) is 1.08. The maximum atomic E-state index is 4.32. The van der Waals surface area contributed by atoms with E-state index in [2.05, 4.69) is 27.9 Å². The van der Waals surface area contributed by atoms with Gasteiger partial charge in [0.1, 0.15) is 5.82 Å². The van der Waals surface area contributed by atoms with Gasteiger partial charge < -0.3 is 9.80 Å². The van der Waals surface area contributed by atoms with Crippen LogP contribution in [0.25, 0.3) is 0 Å². The van der Waals surface area contributed by atoms with Crippen molar-refractivity contribution in [1.82, 2.24) is 9.88 Å². The first-order valence-electron chi connectivity index (χ1n) is 5.12. The summed E-state index contributed by atoms with van der Waals surface area (Å²) in [6, 6.07) is 6.91. The molecule has 0 aromatic carbocycles. The molecule has 75 valence electrons. The zero-order valence-corrected chi connectivity index (χ0v) is 8.61. The smallest absolute Gasteiger partial charge is 0.128 e. The third kappa shape index (κ3) is 2.23. The SMILES string of the molecule is CN1CCCN(c2cc[c]cn2)CC1. The van der Waals surface area contributed by atoms with E-state index in [9.17, 15) is 0 Å². The van der Waals surface area contributed by atoms with Gasteiger partial charge in [0.15, 0.2) is 0 Å². The lowest BCUT2D eigenvalue weighted by Crippen LogP contribution is -2.29. The number of pyridine rings is 1. The summed E-state index contributed by atoms with van der Waals surface area (Å²) in [6.07, 6.45) is 2.96. The van der Waals surface area contributed by atoms with Crippen LogP contribution < -0.4 is 4.90 Å². The Morgan fingerprint density at radius 3 is 3.00 bits per heavy atom. The van der Waals surface area contributed by atoms with Crippen molar-refractivity contribution in [3.8, 4) is 0 Å². The first-order chi connectivity index (χ1) is 6.86. The first kappa shape index (κ1) is 9.46. The van der Waals surface area contributed by atoms with Crippen molar-refractivity contribution >= 4 is 5.82 Å². The van der Waals surface area contributed by atoms with E-state index in [0.29, 0.717) is 0 Å². The first-order valence-corrected chi connectivity index (χ1v) is 5.12. The molecule has 0 spiro atoms. The minimum absolute atomic E-state index is 1.08. The number of nitrogens with zero attached hydrogens (tertiary/aromatic N) is 3. The quantitative estimate of drug-likeness (QED) is 0.659. The maximum Gasteiger partial charge on any atom is 0.128 e. The summed E-state index contributed by atoms with van der Waals surface area (Å²) in [5.41, 5.74) is 0. The van der Waals surface area contributed by atoms with Crippen molar-refractivity contribution in [2.45, 2.75) is 6.42 Å². The van der Waals surface area contributed by atoms with Crippen LogP contribution in [0.4, 0.5) is 5.82 Å². The molecule has 3 heteroatoms. The second kappa shape index (κ2) is 4.42. The standard InChI is InChI=1S/C11H16N3/c1-13-7-4-8-14(10-9-13)11-5-2-3-6-12-11/h2,5-6H,4,7-10H2,1H3. The van der Waals surface area contributed by atoms with Crippen LogP contribution in [0.2, 0.25) is 0 Å². The van der Waals surface area contributed by atoms with E-state index in [1.165, 1.54) is 13.0 Å². The molecule has 1 saturated heterocycles. The van der Waals surface area contributed by atoms with Crippen LogP contribution in [0.5, 0.6) is 0 Å². The average molecular weight is 190 g/mol. The Hall–Kier alpha value is -1.09. The van der Waals surface area contributed by atoms with Crippen molar-refractivity contribution in [2.75, 3.05) is 38.1 Å². The van der Waals surface area contributed by atoms with Gasteiger partial charge in [-0.05, 0) is 32.1 Å². The van der Waals surface area contributed by atoms with Gasteiger partial charge in [0, 0.05) is 31.9 Å². The van der Waals surface area contributed by atoms with Crippen LogP contribution in [0, 0.1) is 6.07 Å². The molecular weight excluding hydrogens is 174 g/mol. The minimum atomic E-state index is 1.08. The molecule has 3 nitrogen and oxygen atoms in total. The minimum Gasteiger partial charge on any atom is -0.355 e. The van der Waals surface area contributed by atoms with Crippen molar-refractivity contribution < 1.29 is 0 Å². The van der Waals surface area contributed by atoms with Gasteiger partial charge >= 0.3 is 0 Å². The Bertz CT molecular complexity index is 273. The van der Waals surface area contributed by atoms with Crippen molar-refractivity contribution in [1.29, 1.82) is 0 Å². The maximum absolute atomic E-state index is 4.32. The summed E-state index contributed by atoms with van der Waals surface area (Å²) in [6.45, 7) is 4.50. The number of aromatic nitrogens is 1. The Balaban J connectivity index is 2.04. The second-order valence-electron chi connectivity index (χ2n) is 3.76. The molecule has 1 radical (unpaired) electrons. The van der Waals surface area contributed by atoms with Gasteiger partial charge in [-0.3, -0.25) is 0 Å². The molecule has 1 fully saturated rings. The van der Waals surface area contributed by atoms with E-state index in [0.717, 1.165) is 25.5 Å². The molecule has 1 aliphatic heterocycles. The highest BCUT2D eigenvalue weighted by atomic mass is 15.2. The average Bonchev–Trinajstić information content (AvgIpc) is 2.44. The summed E-state index contributed by atoms with van der Waals surface area (Å²) in [7, 11) is 2.18. The van der Waals surface area contributed by atoms with Gasteiger partial charge in [0.25, 0.3) is 0 Å². The van der Waals surface area contributed by atoms with Crippen LogP contribution in [-0.2, 0) is 0 Å². The van der Waals surface area contributed by atoms with Crippen molar-refractivity contribution in [3.05, 3.63) is 24.4 Å². The topological polar surface area (TPSA) is 19.4 Å². The summed E-state index contributed by atoms with van der Waals surface area (Å²) in [4.78, 5) is 9.04. The monoisotopic (exact) mass is 190 g/mol. The Morgan fingerprint density at radius 1 is 1.29 bits per heavy atom. The molecule has 1 aliphatic rings. The van der Waals surface area contributed by atoms with Gasteiger partial charge in [-0.2, -0.15) is 0 Å². The fourth-order valence-corrected chi connectivity index (χ4v) is 1.77. The molecule has 2 rings (SSSR count). The van der Waals surface area contributed by atoms with E-state index < -0.39 is 0 Å². The molecule has 0 saturated carbocycles. The lowest BCUT2D eigenvalue weighted by atomic mass is 10.3. The van der Waals surface area contributed by atoms with Crippen molar-refractivity contribution in [2.24, 2.45) is 0 Å². The summed E-state index contributed by atoms with van der Waals surface area (Å²) >= 11 is 0. The van der Waals surface area contributed by atoms with E-state index in [4.69, 9.17) is 0 Å². The van der Waals surface area contributed by atoms with Gasteiger partial charge in [0.05, 0.1) is 0 Å². The second-order valence-corrected chi connectivity index (χ2v) is 3.76. The zero-order valence-electron chi connectivity index (χ0n) is 8.61. The number of hydrogen-bond donors (Lipinski definition) is 0. The highest BCUT2D eigenvalue weighted by Gasteiger charge is 2.12. The number of anilines is 1. The number of rotatable bonds is 1. The zero-order chi connectivity index (χ0) is 9.80. The Morgan fingerprint density at radius 2 is 2.21 bits per heavy atom. The summed E-state index contributed by atoms with van der Waals surface area (Å²) in [5, 5.41) is 0. The van der Waals surface area contributed by atoms with Crippen LogP contribution in [-0.4, -0.2) is 43.1 Å². The molecule has 14 heavy (non-hydrogen) atoms. The van der Waals surface area contributed by atoms with E-state index in [1.54, 1.807) is 6.20 Å². The van der Waals surface area contributed by atoms with E-state index >= 15 is 0 Å². The molecule has 0 atom stereocenters.